The maximum Gasteiger partial charge on any atom is 0.294 e. The molecule has 1 N–H and O–H groups in total. The molecule has 1 aliphatic heterocycles. The molecule has 1 aromatic rings. The highest BCUT2D eigenvalue weighted by Gasteiger charge is 2.21. The fourth-order valence-electron chi connectivity index (χ4n) is 2.31. The summed E-state index contributed by atoms with van der Waals surface area (Å²) in [5.41, 5.74) is 0.668. The molecular formula is C12H16ClN3O2. The third-order valence-corrected chi connectivity index (χ3v) is 3.44. The van der Waals surface area contributed by atoms with E-state index in [1.165, 1.54) is 12.5 Å². The number of nitrogens with one attached hydrogen (secondary N) is 1. The second kappa shape index (κ2) is 5.54. The van der Waals surface area contributed by atoms with Gasteiger partial charge in [-0.3, -0.25) is 10.1 Å². The molecule has 2 rings (SSSR count). The van der Waals surface area contributed by atoms with Gasteiger partial charge in [0.15, 0.2) is 0 Å². The number of nitrogens with zero attached hydrogens (tertiary/aromatic N) is 2. The highest BCUT2D eigenvalue weighted by molar-refractivity contribution is 6.30. The molecule has 1 aliphatic rings. The van der Waals surface area contributed by atoms with E-state index in [4.69, 9.17) is 11.6 Å². The number of halogens is 1. The van der Waals surface area contributed by atoms with E-state index in [-0.39, 0.29) is 10.6 Å². The van der Waals surface area contributed by atoms with Crippen LogP contribution in [0.4, 0.5) is 11.4 Å². The smallest absolute Gasteiger partial charge is 0.294 e. The lowest BCUT2D eigenvalue weighted by Crippen LogP contribution is -2.35. The number of rotatable bonds is 4. The zero-order valence-electron chi connectivity index (χ0n) is 10.2. The molecule has 0 aliphatic carbocycles. The minimum atomic E-state index is -0.389. The van der Waals surface area contributed by atoms with Crippen LogP contribution < -0.4 is 10.2 Å². The fraction of sp³-hybridized carbons (Fsp3) is 0.500. The van der Waals surface area contributed by atoms with E-state index < -0.39 is 0 Å². The van der Waals surface area contributed by atoms with Crippen molar-refractivity contribution in [2.45, 2.75) is 18.9 Å². The van der Waals surface area contributed by atoms with Crippen molar-refractivity contribution in [3.8, 4) is 0 Å². The first-order valence-electron chi connectivity index (χ1n) is 5.96. The maximum atomic E-state index is 11.0. The molecule has 5 nitrogen and oxygen atoms in total. The third-order valence-electron chi connectivity index (χ3n) is 3.20. The Balaban J connectivity index is 2.17. The van der Waals surface area contributed by atoms with Crippen LogP contribution in [0.1, 0.15) is 12.8 Å². The third kappa shape index (κ3) is 2.91. The summed E-state index contributed by atoms with van der Waals surface area (Å²) in [6.07, 6.45) is 2.28. The summed E-state index contributed by atoms with van der Waals surface area (Å²) in [6.45, 7) is 1.80. The van der Waals surface area contributed by atoms with E-state index in [1.54, 1.807) is 12.1 Å². The lowest BCUT2D eigenvalue weighted by molar-refractivity contribution is -0.384. The number of hydrogen-bond acceptors (Lipinski definition) is 4. The molecule has 0 saturated carbocycles. The predicted molar refractivity (Wildman–Crippen MR) is 72.4 cm³/mol. The van der Waals surface area contributed by atoms with Crippen molar-refractivity contribution in [1.29, 1.82) is 0 Å². The molecule has 1 saturated heterocycles. The van der Waals surface area contributed by atoms with Crippen molar-refractivity contribution in [3.63, 3.8) is 0 Å². The van der Waals surface area contributed by atoms with Crippen LogP contribution in [0.25, 0.3) is 0 Å². The summed E-state index contributed by atoms with van der Waals surface area (Å²) in [4.78, 5) is 12.5. The molecule has 1 aromatic carbocycles. The van der Waals surface area contributed by atoms with E-state index in [0.717, 1.165) is 19.5 Å². The number of hydrogen-bond donors (Lipinski definition) is 1. The van der Waals surface area contributed by atoms with Crippen LogP contribution >= 0.6 is 11.6 Å². The molecule has 1 atom stereocenters. The van der Waals surface area contributed by atoms with Gasteiger partial charge in [-0.1, -0.05) is 11.6 Å². The van der Waals surface area contributed by atoms with Gasteiger partial charge in [0.1, 0.15) is 5.69 Å². The van der Waals surface area contributed by atoms with Gasteiger partial charge in [-0.05, 0) is 31.5 Å². The average molecular weight is 270 g/mol. The molecule has 0 bridgehead atoms. The van der Waals surface area contributed by atoms with Gasteiger partial charge in [0.2, 0.25) is 0 Å². The summed E-state index contributed by atoms with van der Waals surface area (Å²) in [6, 6.07) is 5.19. The van der Waals surface area contributed by atoms with Crippen molar-refractivity contribution in [2.75, 3.05) is 25.0 Å². The van der Waals surface area contributed by atoms with Crippen LogP contribution in [-0.2, 0) is 0 Å². The molecule has 1 unspecified atom stereocenters. The van der Waals surface area contributed by atoms with E-state index in [2.05, 4.69) is 5.32 Å². The number of nitro benzene ring substituents is 1. The molecule has 0 amide bonds. The summed E-state index contributed by atoms with van der Waals surface area (Å²) in [7, 11) is 1.87. The summed E-state index contributed by atoms with van der Waals surface area (Å²) in [5, 5.41) is 14.8. The van der Waals surface area contributed by atoms with E-state index >= 15 is 0 Å². The van der Waals surface area contributed by atoms with Gasteiger partial charge in [-0.25, -0.2) is 0 Å². The Morgan fingerprint density at radius 3 is 3.00 bits per heavy atom. The predicted octanol–water partition coefficient (Wildman–Crippen LogP) is 2.44. The lowest BCUT2D eigenvalue weighted by Gasteiger charge is -2.23. The van der Waals surface area contributed by atoms with Gasteiger partial charge < -0.3 is 10.2 Å². The van der Waals surface area contributed by atoms with Crippen LogP contribution in [-0.4, -0.2) is 31.1 Å². The molecular weight excluding hydrogens is 254 g/mol. The Kier molecular flexibility index (Phi) is 4.04. The summed E-state index contributed by atoms with van der Waals surface area (Å²) >= 11 is 5.80. The van der Waals surface area contributed by atoms with E-state index in [9.17, 15) is 10.1 Å². The second-order valence-corrected chi connectivity index (χ2v) is 5.00. The molecule has 0 aromatic heterocycles. The van der Waals surface area contributed by atoms with Gasteiger partial charge in [0.05, 0.1) is 4.92 Å². The van der Waals surface area contributed by atoms with Crippen LogP contribution in [0.2, 0.25) is 5.02 Å². The Morgan fingerprint density at radius 2 is 2.39 bits per heavy atom. The standard InChI is InChI=1S/C12H16ClN3O2/c1-15(8-10-3-2-6-14-10)11-5-4-9(13)7-12(11)16(17)18/h4-5,7,10,14H,2-3,6,8H2,1H3. The van der Waals surface area contributed by atoms with Gasteiger partial charge in [-0.15, -0.1) is 0 Å². The largest absolute Gasteiger partial charge is 0.367 e. The zero-order valence-corrected chi connectivity index (χ0v) is 11.0. The second-order valence-electron chi connectivity index (χ2n) is 4.56. The Morgan fingerprint density at radius 1 is 1.61 bits per heavy atom. The first-order chi connectivity index (χ1) is 8.58. The van der Waals surface area contributed by atoms with Crippen LogP contribution in [0.5, 0.6) is 0 Å². The first-order valence-corrected chi connectivity index (χ1v) is 6.34. The minimum Gasteiger partial charge on any atom is -0.367 e. The normalized spacial score (nSPS) is 18.9. The monoisotopic (exact) mass is 269 g/mol. The Hall–Kier alpha value is -1.33. The molecule has 0 spiro atoms. The quantitative estimate of drug-likeness (QED) is 0.674. The van der Waals surface area contributed by atoms with Crippen molar-refractivity contribution < 1.29 is 4.92 Å². The molecule has 18 heavy (non-hydrogen) atoms. The number of benzene rings is 1. The summed E-state index contributed by atoms with van der Waals surface area (Å²) < 4.78 is 0. The van der Waals surface area contributed by atoms with Crippen LogP contribution in [0.15, 0.2) is 18.2 Å². The molecule has 6 heteroatoms. The van der Waals surface area contributed by atoms with Crippen molar-refractivity contribution in [3.05, 3.63) is 33.3 Å². The minimum absolute atomic E-state index is 0.0583. The molecule has 0 radical (unpaired) electrons. The molecule has 1 heterocycles. The number of likely N-dealkylation sites (N-methyl/N-ethyl adjacent to an activating group) is 1. The highest BCUT2D eigenvalue weighted by Crippen LogP contribution is 2.30. The number of anilines is 1. The first kappa shape index (κ1) is 13.1. The maximum absolute atomic E-state index is 11.0. The van der Waals surface area contributed by atoms with Crippen molar-refractivity contribution in [1.82, 2.24) is 5.32 Å². The lowest BCUT2D eigenvalue weighted by atomic mass is 10.2. The Bertz CT molecular complexity index is 447. The van der Waals surface area contributed by atoms with Gasteiger partial charge in [0, 0.05) is 30.7 Å². The zero-order chi connectivity index (χ0) is 13.1. The Labute approximate surface area is 111 Å². The van der Waals surface area contributed by atoms with E-state index in [0.29, 0.717) is 16.8 Å². The van der Waals surface area contributed by atoms with Crippen LogP contribution in [0.3, 0.4) is 0 Å². The van der Waals surface area contributed by atoms with Gasteiger partial charge >= 0.3 is 0 Å². The topological polar surface area (TPSA) is 58.4 Å². The van der Waals surface area contributed by atoms with Crippen molar-refractivity contribution >= 4 is 23.0 Å². The fourth-order valence-corrected chi connectivity index (χ4v) is 2.47. The average Bonchev–Trinajstić information content (AvgIpc) is 2.81. The van der Waals surface area contributed by atoms with Crippen LogP contribution in [0, 0.1) is 10.1 Å². The van der Waals surface area contributed by atoms with Gasteiger partial charge in [-0.2, -0.15) is 0 Å². The molecule has 1 fully saturated rings. The highest BCUT2D eigenvalue weighted by atomic mass is 35.5. The number of nitro groups is 1. The summed E-state index contributed by atoms with van der Waals surface area (Å²) in [5.74, 6) is 0. The molecule has 98 valence electrons. The van der Waals surface area contributed by atoms with Gasteiger partial charge in [0.25, 0.3) is 5.69 Å². The van der Waals surface area contributed by atoms with Crippen molar-refractivity contribution in [2.24, 2.45) is 0 Å². The SMILES string of the molecule is CN(CC1CCCN1)c1ccc(Cl)cc1[N+](=O)[O-]. The van der Waals surface area contributed by atoms with E-state index in [1.807, 2.05) is 11.9 Å².